The fraction of sp³-hybridized carbons (Fsp3) is 0.333. The molecule has 2 aromatic carbocycles. The molecular weight excluding hydrogens is 426 g/mol. The van der Waals surface area contributed by atoms with Crippen molar-refractivity contribution in [3.05, 3.63) is 72.1 Å². The maximum absolute atomic E-state index is 12.8. The summed E-state index contributed by atoms with van der Waals surface area (Å²) >= 11 is 0. The van der Waals surface area contributed by atoms with Gasteiger partial charge in [0.1, 0.15) is 11.9 Å². The monoisotopic (exact) mass is 455 g/mol. The quantitative estimate of drug-likeness (QED) is 0.451. The van der Waals surface area contributed by atoms with E-state index in [2.05, 4.69) is 14.7 Å². The van der Waals surface area contributed by atoms with Gasteiger partial charge < -0.3 is 9.72 Å². The Morgan fingerprint density at radius 1 is 1.09 bits per heavy atom. The molecule has 1 atom stereocenters. The van der Waals surface area contributed by atoms with Gasteiger partial charge >= 0.3 is 5.97 Å². The summed E-state index contributed by atoms with van der Waals surface area (Å²) in [7, 11) is -3.86. The molecule has 0 radical (unpaired) electrons. The highest BCUT2D eigenvalue weighted by Crippen LogP contribution is 2.18. The molecule has 1 aromatic heterocycles. The number of carbonyl (C=O) groups is 1. The average molecular weight is 456 g/mol. The van der Waals surface area contributed by atoms with E-state index in [4.69, 9.17) is 4.74 Å². The standard InChI is InChI=1S/C24H29N3O4S/c1-4-31-24(28)22(14-17(2)3)27-32(29,30)21-12-10-18(11-13-21)15-20-16-25-23(26-20)19-8-6-5-7-9-19/h5-13,16-17,22,27H,4,14-15H2,1-3H3,(H,25,26)/t22-/m0/s1. The molecule has 0 aliphatic carbocycles. The molecule has 7 nitrogen and oxygen atoms in total. The van der Waals surface area contributed by atoms with E-state index in [0.29, 0.717) is 12.8 Å². The van der Waals surface area contributed by atoms with Gasteiger partial charge in [-0.15, -0.1) is 0 Å². The van der Waals surface area contributed by atoms with Gasteiger partial charge in [-0.05, 0) is 37.0 Å². The molecule has 0 amide bonds. The smallest absolute Gasteiger partial charge is 0.324 e. The number of nitrogens with one attached hydrogen (secondary N) is 2. The van der Waals surface area contributed by atoms with Crippen molar-refractivity contribution in [2.45, 2.75) is 44.6 Å². The molecule has 0 spiro atoms. The third-order valence-corrected chi connectivity index (χ3v) is 6.36. The number of sulfonamides is 1. The van der Waals surface area contributed by atoms with Crippen LogP contribution in [0.5, 0.6) is 0 Å². The number of hydrogen-bond donors (Lipinski definition) is 2. The van der Waals surface area contributed by atoms with Crippen LogP contribution in [0.25, 0.3) is 11.4 Å². The number of esters is 1. The predicted octanol–water partition coefficient (Wildman–Crippen LogP) is 3.92. The molecule has 170 valence electrons. The second-order valence-corrected chi connectivity index (χ2v) is 9.70. The number of aromatic nitrogens is 2. The second-order valence-electron chi connectivity index (χ2n) is 7.98. The van der Waals surface area contributed by atoms with Gasteiger partial charge in [0.2, 0.25) is 10.0 Å². The van der Waals surface area contributed by atoms with Crippen molar-refractivity contribution in [2.75, 3.05) is 6.61 Å². The summed E-state index contributed by atoms with van der Waals surface area (Å²) in [6.07, 6.45) is 2.78. The minimum atomic E-state index is -3.86. The van der Waals surface area contributed by atoms with Crippen LogP contribution >= 0.6 is 0 Å². The third kappa shape index (κ3) is 6.27. The van der Waals surface area contributed by atoms with Crippen molar-refractivity contribution in [3.63, 3.8) is 0 Å². The number of benzene rings is 2. The second kappa shape index (κ2) is 10.6. The molecule has 0 unspecified atom stereocenters. The number of H-pyrrole nitrogens is 1. The zero-order chi connectivity index (χ0) is 23.1. The largest absolute Gasteiger partial charge is 0.465 e. The van der Waals surface area contributed by atoms with Crippen LogP contribution in [0, 0.1) is 5.92 Å². The Morgan fingerprint density at radius 3 is 2.41 bits per heavy atom. The first-order chi connectivity index (χ1) is 15.3. The van der Waals surface area contributed by atoms with Crippen LogP contribution in [0.4, 0.5) is 0 Å². The van der Waals surface area contributed by atoms with Crippen molar-refractivity contribution >= 4 is 16.0 Å². The van der Waals surface area contributed by atoms with Crippen LogP contribution in [0.2, 0.25) is 0 Å². The average Bonchev–Trinajstić information content (AvgIpc) is 3.22. The molecule has 3 rings (SSSR count). The highest BCUT2D eigenvalue weighted by atomic mass is 32.2. The Bertz CT molecular complexity index is 1120. The topological polar surface area (TPSA) is 101 Å². The fourth-order valence-electron chi connectivity index (χ4n) is 3.35. The number of carbonyl (C=O) groups excluding carboxylic acids is 1. The summed E-state index contributed by atoms with van der Waals surface area (Å²) in [5.74, 6) is 0.359. The summed E-state index contributed by atoms with van der Waals surface area (Å²) < 4.78 is 33.2. The third-order valence-electron chi connectivity index (χ3n) is 4.87. The Kier molecular flexibility index (Phi) is 7.82. The molecule has 0 aliphatic rings. The van der Waals surface area contributed by atoms with Crippen LogP contribution in [-0.2, 0) is 26.0 Å². The molecule has 0 fully saturated rings. The van der Waals surface area contributed by atoms with Crippen LogP contribution in [-0.4, -0.2) is 37.0 Å². The van der Waals surface area contributed by atoms with Gasteiger partial charge in [-0.25, -0.2) is 13.4 Å². The maximum Gasteiger partial charge on any atom is 0.324 e. The minimum absolute atomic E-state index is 0.103. The minimum Gasteiger partial charge on any atom is -0.465 e. The normalized spacial score (nSPS) is 12.6. The SMILES string of the molecule is CCOC(=O)[C@H](CC(C)C)NS(=O)(=O)c1ccc(Cc2c[nH]c(-c3ccccc3)n2)cc1. The Balaban J connectivity index is 1.70. The number of ether oxygens (including phenoxy) is 1. The lowest BCUT2D eigenvalue weighted by molar-refractivity contribution is -0.145. The van der Waals surface area contributed by atoms with Gasteiger partial charge in [0, 0.05) is 18.2 Å². The first-order valence-electron chi connectivity index (χ1n) is 10.7. The van der Waals surface area contributed by atoms with Gasteiger partial charge in [-0.2, -0.15) is 4.72 Å². The van der Waals surface area contributed by atoms with Crippen LogP contribution in [0.15, 0.2) is 65.7 Å². The fourth-order valence-corrected chi connectivity index (χ4v) is 4.55. The highest BCUT2D eigenvalue weighted by Gasteiger charge is 2.27. The number of hydrogen-bond acceptors (Lipinski definition) is 5. The summed E-state index contributed by atoms with van der Waals surface area (Å²) in [5, 5.41) is 0. The number of rotatable bonds is 10. The Hall–Kier alpha value is -2.97. The lowest BCUT2D eigenvalue weighted by Crippen LogP contribution is -2.42. The number of imidazole rings is 1. The summed E-state index contributed by atoms with van der Waals surface area (Å²) in [5.41, 5.74) is 2.79. The summed E-state index contributed by atoms with van der Waals surface area (Å²) in [4.78, 5) is 20.1. The first kappa shape index (κ1) is 23.7. The van der Waals surface area contributed by atoms with E-state index >= 15 is 0 Å². The van der Waals surface area contributed by atoms with Gasteiger partial charge in [-0.1, -0.05) is 56.3 Å². The Morgan fingerprint density at radius 2 is 1.78 bits per heavy atom. The molecule has 1 heterocycles. The molecule has 0 aliphatic heterocycles. The maximum atomic E-state index is 12.8. The number of aromatic amines is 1. The van der Waals surface area contributed by atoms with Crippen molar-refractivity contribution in [1.29, 1.82) is 0 Å². The highest BCUT2D eigenvalue weighted by molar-refractivity contribution is 7.89. The lowest BCUT2D eigenvalue weighted by Gasteiger charge is -2.19. The van der Waals surface area contributed by atoms with E-state index < -0.39 is 22.0 Å². The molecule has 8 heteroatoms. The van der Waals surface area contributed by atoms with E-state index in [9.17, 15) is 13.2 Å². The van der Waals surface area contributed by atoms with E-state index in [-0.39, 0.29) is 17.4 Å². The van der Waals surface area contributed by atoms with E-state index in [1.165, 1.54) is 0 Å². The lowest BCUT2D eigenvalue weighted by atomic mass is 10.1. The van der Waals surface area contributed by atoms with Crippen LogP contribution in [0.1, 0.15) is 38.4 Å². The molecule has 2 N–H and O–H groups in total. The van der Waals surface area contributed by atoms with Gasteiger partial charge in [0.15, 0.2) is 0 Å². The van der Waals surface area contributed by atoms with Crippen molar-refractivity contribution in [2.24, 2.45) is 5.92 Å². The first-order valence-corrected chi connectivity index (χ1v) is 12.1. The molecular formula is C24H29N3O4S. The molecule has 0 saturated carbocycles. The van der Waals surface area contributed by atoms with Crippen molar-refractivity contribution < 1.29 is 17.9 Å². The summed E-state index contributed by atoms with van der Waals surface area (Å²) in [6.45, 7) is 5.74. The van der Waals surface area contributed by atoms with Crippen LogP contribution < -0.4 is 4.72 Å². The zero-order valence-corrected chi connectivity index (χ0v) is 19.4. The number of nitrogens with zero attached hydrogens (tertiary/aromatic N) is 1. The molecule has 32 heavy (non-hydrogen) atoms. The predicted molar refractivity (Wildman–Crippen MR) is 123 cm³/mol. The van der Waals surface area contributed by atoms with Crippen molar-refractivity contribution in [1.82, 2.24) is 14.7 Å². The molecule has 3 aromatic rings. The van der Waals surface area contributed by atoms with Gasteiger partial charge in [0.25, 0.3) is 0 Å². The Labute approximate surface area is 189 Å². The van der Waals surface area contributed by atoms with E-state index in [0.717, 1.165) is 22.6 Å². The van der Waals surface area contributed by atoms with Crippen molar-refractivity contribution in [3.8, 4) is 11.4 Å². The van der Waals surface area contributed by atoms with Gasteiger partial charge in [0.05, 0.1) is 17.2 Å². The van der Waals surface area contributed by atoms with E-state index in [1.54, 1.807) is 31.2 Å². The zero-order valence-electron chi connectivity index (χ0n) is 18.5. The summed E-state index contributed by atoms with van der Waals surface area (Å²) in [6, 6.07) is 15.5. The van der Waals surface area contributed by atoms with Crippen LogP contribution in [0.3, 0.4) is 0 Å². The van der Waals surface area contributed by atoms with Gasteiger partial charge in [-0.3, -0.25) is 4.79 Å². The molecule has 0 saturated heterocycles. The molecule has 0 bridgehead atoms. The van der Waals surface area contributed by atoms with E-state index in [1.807, 2.05) is 50.4 Å².